The number of carboxylic acid groups (broad SMARTS) is 1. The Kier molecular flexibility index (Phi) is 5.03. The van der Waals surface area contributed by atoms with E-state index in [2.05, 4.69) is 0 Å². The van der Waals surface area contributed by atoms with Gasteiger partial charge >= 0.3 is 5.97 Å². The summed E-state index contributed by atoms with van der Waals surface area (Å²) in [7, 11) is 0. The zero-order chi connectivity index (χ0) is 13.8. The molecule has 0 saturated carbocycles. The van der Waals surface area contributed by atoms with Crippen LogP contribution in [0.5, 0.6) is 0 Å². The normalized spacial score (nSPS) is 11.5. The minimum Gasteiger partial charge on any atom is -0.481 e. The lowest BCUT2D eigenvalue weighted by Gasteiger charge is -2.30. The Morgan fingerprint density at radius 2 is 1.89 bits per heavy atom. The lowest BCUT2D eigenvalue weighted by Crippen LogP contribution is -2.36. The van der Waals surface area contributed by atoms with Crippen molar-refractivity contribution in [1.29, 1.82) is 0 Å². The van der Waals surface area contributed by atoms with Gasteiger partial charge in [0.1, 0.15) is 0 Å². The molecule has 3 N–H and O–H groups in total. The molecule has 0 bridgehead atoms. The van der Waals surface area contributed by atoms with E-state index in [4.69, 9.17) is 17.3 Å². The first-order valence-corrected chi connectivity index (χ1v) is 6.64. The zero-order valence-electron chi connectivity index (χ0n) is 10.9. The number of anilines is 1. The Bertz CT molecular complexity index is 426. The molecule has 1 aromatic carbocycles. The van der Waals surface area contributed by atoms with Crippen molar-refractivity contribution in [3.05, 3.63) is 28.8 Å². The highest BCUT2D eigenvalue weighted by atomic mass is 35.5. The molecule has 0 atom stereocenters. The van der Waals surface area contributed by atoms with Gasteiger partial charge in [0.2, 0.25) is 0 Å². The number of hydrogen-bond acceptors (Lipinski definition) is 2. The van der Waals surface area contributed by atoms with Crippen molar-refractivity contribution in [2.75, 3.05) is 5.73 Å². The van der Waals surface area contributed by atoms with Crippen LogP contribution in [-0.4, -0.2) is 11.1 Å². The Hall–Kier alpha value is -1.22. The van der Waals surface area contributed by atoms with E-state index >= 15 is 0 Å². The highest BCUT2D eigenvalue weighted by Gasteiger charge is 2.40. The molecule has 0 radical (unpaired) electrons. The van der Waals surface area contributed by atoms with Gasteiger partial charge in [0, 0.05) is 10.7 Å². The predicted octanol–water partition coefficient (Wildman–Crippen LogP) is 3.84. The van der Waals surface area contributed by atoms with Gasteiger partial charge in [-0.2, -0.15) is 0 Å². The van der Waals surface area contributed by atoms with E-state index in [9.17, 15) is 9.90 Å². The summed E-state index contributed by atoms with van der Waals surface area (Å²) >= 11 is 5.98. The fourth-order valence-electron chi connectivity index (χ4n) is 2.52. The molecule has 1 aromatic rings. The molecule has 100 valence electrons. The zero-order valence-corrected chi connectivity index (χ0v) is 11.6. The van der Waals surface area contributed by atoms with Crippen LogP contribution in [0.15, 0.2) is 18.2 Å². The van der Waals surface area contributed by atoms with Crippen LogP contribution in [0, 0.1) is 0 Å². The number of hydrogen-bond donors (Lipinski definition) is 2. The molecule has 0 aromatic heterocycles. The third-order valence-electron chi connectivity index (χ3n) is 3.29. The van der Waals surface area contributed by atoms with Crippen molar-refractivity contribution in [3.63, 3.8) is 0 Å². The molecule has 1 rings (SSSR count). The van der Waals surface area contributed by atoms with Gasteiger partial charge < -0.3 is 10.8 Å². The molecule has 0 aliphatic heterocycles. The van der Waals surface area contributed by atoms with Gasteiger partial charge in [0.05, 0.1) is 5.41 Å². The van der Waals surface area contributed by atoms with Crippen LogP contribution in [-0.2, 0) is 10.2 Å². The monoisotopic (exact) mass is 269 g/mol. The molecule has 4 heteroatoms. The van der Waals surface area contributed by atoms with Gasteiger partial charge in [-0.3, -0.25) is 4.79 Å². The number of nitrogen functional groups attached to an aromatic ring is 1. The van der Waals surface area contributed by atoms with Gasteiger partial charge in [0.25, 0.3) is 0 Å². The molecule has 0 aliphatic carbocycles. The number of nitrogens with two attached hydrogens (primary N) is 1. The lowest BCUT2D eigenvalue weighted by molar-refractivity contribution is -0.144. The second-order valence-electron chi connectivity index (χ2n) is 4.62. The van der Waals surface area contributed by atoms with E-state index in [1.165, 1.54) is 0 Å². The summed E-state index contributed by atoms with van der Waals surface area (Å²) in [5.41, 5.74) is 6.18. The average Bonchev–Trinajstić information content (AvgIpc) is 2.31. The molecule has 0 heterocycles. The highest BCUT2D eigenvalue weighted by Crippen LogP contribution is 2.39. The van der Waals surface area contributed by atoms with Crippen molar-refractivity contribution in [3.8, 4) is 0 Å². The van der Waals surface area contributed by atoms with Gasteiger partial charge in [-0.15, -0.1) is 0 Å². The standard InChI is InChI=1S/C14H20ClNO2/c1-3-7-14(8-4-2,13(17)18)11-9-10(15)5-6-12(11)16/h5-6,9H,3-4,7-8,16H2,1-2H3,(H,17,18). The maximum atomic E-state index is 11.8. The second kappa shape index (κ2) is 6.10. The van der Waals surface area contributed by atoms with E-state index < -0.39 is 11.4 Å². The quantitative estimate of drug-likeness (QED) is 0.771. The first-order valence-electron chi connectivity index (χ1n) is 6.26. The van der Waals surface area contributed by atoms with Crippen molar-refractivity contribution in [1.82, 2.24) is 0 Å². The number of aliphatic carboxylic acids is 1. The predicted molar refractivity (Wildman–Crippen MR) is 75.0 cm³/mol. The van der Waals surface area contributed by atoms with Crippen molar-refractivity contribution < 1.29 is 9.90 Å². The van der Waals surface area contributed by atoms with Gasteiger partial charge in [-0.05, 0) is 36.6 Å². The first-order chi connectivity index (χ1) is 8.47. The van der Waals surface area contributed by atoms with Crippen LogP contribution in [0.3, 0.4) is 0 Å². The molecular weight excluding hydrogens is 250 g/mol. The van der Waals surface area contributed by atoms with Crippen LogP contribution in [0.25, 0.3) is 0 Å². The number of benzene rings is 1. The van der Waals surface area contributed by atoms with Crippen LogP contribution < -0.4 is 5.73 Å². The number of halogens is 1. The summed E-state index contributed by atoms with van der Waals surface area (Å²) < 4.78 is 0. The Morgan fingerprint density at radius 1 is 1.33 bits per heavy atom. The molecule has 0 amide bonds. The van der Waals surface area contributed by atoms with Crippen LogP contribution in [0.1, 0.15) is 45.1 Å². The second-order valence-corrected chi connectivity index (χ2v) is 5.06. The van der Waals surface area contributed by atoms with E-state index in [1.54, 1.807) is 18.2 Å². The lowest BCUT2D eigenvalue weighted by atomic mass is 9.73. The van der Waals surface area contributed by atoms with Crippen LogP contribution >= 0.6 is 11.6 Å². The smallest absolute Gasteiger partial charge is 0.314 e. The van der Waals surface area contributed by atoms with Gasteiger partial charge in [-0.1, -0.05) is 38.3 Å². The maximum absolute atomic E-state index is 11.8. The summed E-state index contributed by atoms with van der Waals surface area (Å²) in [4.78, 5) is 11.8. The fourth-order valence-corrected chi connectivity index (χ4v) is 2.69. The van der Waals surface area contributed by atoms with Gasteiger partial charge in [0.15, 0.2) is 0 Å². The molecule has 18 heavy (non-hydrogen) atoms. The summed E-state index contributed by atoms with van der Waals surface area (Å²) in [5, 5.41) is 10.2. The largest absolute Gasteiger partial charge is 0.481 e. The molecule has 0 fully saturated rings. The number of carboxylic acids is 1. The van der Waals surface area contributed by atoms with Crippen LogP contribution in [0.2, 0.25) is 5.02 Å². The van der Waals surface area contributed by atoms with Crippen molar-refractivity contribution >= 4 is 23.3 Å². The molecule has 0 saturated heterocycles. The third-order valence-corrected chi connectivity index (χ3v) is 3.53. The minimum atomic E-state index is -0.918. The molecule has 0 unspecified atom stereocenters. The van der Waals surface area contributed by atoms with E-state index in [-0.39, 0.29) is 0 Å². The Balaban J connectivity index is 3.39. The van der Waals surface area contributed by atoms with Crippen LogP contribution in [0.4, 0.5) is 5.69 Å². The third kappa shape index (κ3) is 2.78. The molecular formula is C14H20ClNO2. The summed E-state index contributed by atoms with van der Waals surface area (Å²) in [5.74, 6) is -0.819. The minimum absolute atomic E-state index is 0.503. The summed E-state index contributed by atoms with van der Waals surface area (Å²) in [6.45, 7) is 3.96. The Labute approximate surface area is 113 Å². The fraction of sp³-hybridized carbons (Fsp3) is 0.500. The SMILES string of the molecule is CCCC(CCC)(C(=O)O)c1cc(Cl)ccc1N. The maximum Gasteiger partial charge on any atom is 0.314 e. The van der Waals surface area contributed by atoms with Crippen molar-refractivity contribution in [2.45, 2.75) is 44.9 Å². The van der Waals surface area contributed by atoms with E-state index in [1.807, 2.05) is 13.8 Å². The summed E-state index contributed by atoms with van der Waals surface area (Å²) in [6, 6.07) is 5.06. The number of rotatable bonds is 6. The number of carbonyl (C=O) groups is 1. The average molecular weight is 270 g/mol. The molecule has 0 aliphatic rings. The Morgan fingerprint density at radius 3 is 2.33 bits per heavy atom. The first kappa shape index (κ1) is 14.8. The highest BCUT2D eigenvalue weighted by molar-refractivity contribution is 6.30. The summed E-state index contributed by atoms with van der Waals surface area (Å²) in [6.07, 6.45) is 2.72. The van der Waals surface area contributed by atoms with E-state index in [0.29, 0.717) is 29.1 Å². The molecule has 0 spiro atoms. The molecule has 3 nitrogen and oxygen atoms in total. The van der Waals surface area contributed by atoms with Crippen molar-refractivity contribution in [2.24, 2.45) is 0 Å². The van der Waals surface area contributed by atoms with Gasteiger partial charge in [-0.25, -0.2) is 0 Å². The van der Waals surface area contributed by atoms with E-state index in [0.717, 1.165) is 12.8 Å². The topological polar surface area (TPSA) is 63.3 Å².